The lowest BCUT2D eigenvalue weighted by Gasteiger charge is -2.33. The van der Waals surface area contributed by atoms with Gasteiger partial charge in [-0.15, -0.1) is 16.4 Å². The molecule has 0 spiro atoms. The van der Waals surface area contributed by atoms with Gasteiger partial charge in [-0.25, -0.2) is 4.68 Å². The van der Waals surface area contributed by atoms with E-state index in [1.165, 1.54) is 10.4 Å². The molecule has 1 N–H and O–H groups in total. The minimum absolute atomic E-state index is 0.0565. The van der Waals surface area contributed by atoms with Crippen molar-refractivity contribution in [3.63, 3.8) is 0 Å². The number of rotatable bonds is 9. The summed E-state index contributed by atoms with van der Waals surface area (Å²) in [6.07, 6.45) is 2.24. The third-order valence-corrected chi connectivity index (χ3v) is 7.50. The number of thiophene rings is 1. The van der Waals surface area contributed by atoms with Crippen molar-refractivity contribution in [1.29, 1.82) is 0 Å². The first-order valence-electron chi connectivity index (χ1n) is 12.2. The molecule has 0 unspecified atom stereocenters. The molecule has 4 heterocycles. The van der Waals surface area contributed by atoms with E-state index in [1.54, 1.807) is 11.3 Å². The number of ether oxygens (including phenoxy) is 1. The number of tetrazole rings is 1. The highest BCUT2D eigenvalue weighted by molar-refractivity contribution is 7.09. The minimum atomic E-state index is -0.0684. The molecule has 1 aromatic carbocycles. The second kappa shape index (κ2) is 10.4. The van der Waals surface area contributed by atoms with Gasteiger partial charge in [0.05, 0.1) is 18.7 Å². The molecule has 1 fully saturated rings. The van der Waals surface area contributed by atoms with Gasteiger partial charge in [0, 0.05) is 35.7 Å². The zero-order valence-corrected chi connectivity index (χ0v) is 21.3. The first-order valence-corrected chi connectivity index (χ1v) is 13.1. The highest BCUT2D eigenvalue weighted by Crippen LogP contribution is 2.31. The molecule has 0 amide bonds. The zero-order valence-electron chi connectivity index (χ0n) is 20.5. The molecule has 8 nitrogen and oxygen atoms in total. The van der Waals surface area contributed by atoms with E-state index in [-0.39, 0.29) is 23.6 Å². The van der Waals surface area contributed by atoms with Crippen LogP contribution in [0.4, 0.5) is 0 Å². The number of aromatic amines is 1. The Bertz CT molecular complexity index is 1320. The minimum Gasteiger partial charge on any atom is -0.376 e. The molecule has 0 saturated carbocycles. The summed E-state index contributed by atoms with van der Waals surface area (Å²) in [7, 11) is 0. The lowest BCUT2D eigenvalue weighted by Crippen LogP contribution is -2.35. The maximum absolute atomic E-state index is 13.1. The quantitative estimate of drug-likeness (QED) is 0.371. The fourth-order valence-corrected chi connectivity index (χ4v) is 5.71. The van der Waals surface area contributed by atoms with Crippen molar-refractivity contribution >= 4 is 22.2 Å². The Hall–Kier alpha value is -2.88. The smallest absolute Gasteiger partial charge is 0.252 e. The Kier molecular flexibility index (Phi) is 7.08. The summed E-state index contributed by atoms with van der Waals surface area (Å²) < 4.78 is 7.75. The summed E-state index contributed by atoms with van der Waals surface area (Å²) in [6.45, 7) is 9.08. The second-order valence-corrected chi connectivity index (χ2v) is 10.8. The van der Waals surface area contributed by atoms with Gasteiger partial charge in [0.2, 0.25) is 0 Å². The molecule has 1 saturated heterocycles. The Morgan fingerprint density at radius 2 is 2.14 bits per heavy atom. The van der Waals surface area contributed by atoms with E-state index in [4.69, 9.17) is 4.74 Å². The number of H-pyrrole nitrogens is 1. The Labute approximate surface area is 208 Å². The van der Waals surface area contributed by atoms with Gasteiger partial charge in [0.1, 0.15) is 0 Å². The van der Waals surface area contributed by atoms with E-state index in [1.807, 2.05) is 22.9 Å². The average Bonchev–Trinajstić information content (AvgIpc) is 3.59. The van der Waals surface area contributed by atoms with Crippen LogP contribution >= 0.6 is 11.3 Å². The van der Waals surface area contributed by atoms with Gasteiger partial charge in [-0.3, -0.25) is 9.69 Å². The van der Waals surface area contributed by atoms with Gasteiger partial charge in [-0.1, -0.05) is 31.5 Å². The summed E-state index contributed by atoms with van der Waals surface area (Å²) in [6, 6.07) is 12.3. The SMILES string of the molecule is Cc1ccc2[nH]c(=O)c(CN(Cc3cccs3)[C@H](c3nnnn3C[C@@H]3CCCO3)C(C)C)cc2c1. The summed E-state index contributed by atoms with van der Waals surface area (Å²) in [5.74, 6) is 1.05. The summed E-state index contributed by atoms with van der Waals surface area (Å²) in [5, 5.41) is 16.0. The van der Waals surface area contributed by atoms with E-state index < -0.39 is 0 Å². The standard InChI is InChI=1S/C26H32N6O2S/c1-17(2)24(25-28-29-30-32(25)15-21-6-4-10-34-21)31(16-22-7-5-11-35-22)14-20-13-19-12-18(3)8-9-23(19)27-26(20)33/h5,7-9,11-13,17,21,24H,4,6,10,14-16H2,1-3H3,(H,27,33)/t21-,24-/m0/s1. The Balaban J connectivity index is 1.52. The van der Waals surface area contributed by atoms with Gasteiger partial charge in [-0.05, 0) is 71.1 Å². The Morgan fingerprint density at radius 3 is 2.89 bits per heavy atom. The largest absolute Gasteiger partial charge is 0.376 e. The van der Waals surface area contributed by atoms with Crippen LogP contribution in [-0.2, 0) is 24.4 Å². The number of hydrogen-bond donors (Lipinski definition) is 1. The maximum atomic E-state index is 13.1. The van der Waals surface area contributed by atoms with E-state index >= 15 is 0 Å². The molecule has 35 heavy (non-hydrogen) atoms. The molecule has 0 bridgehead atoms. The highest BCUT2D eigenvalue weighted by Gasteiger charge is 2.31. The lowest BCUT2D eigenvalue weighted by molar-refractivity contribution is 0.0853. The molecule has 5 rings (SSSR count). The second-order valence-electron chi connectivity index (χ2n) is 9.74. The fourth-order valence-electron chi connectivity index (χ4n) is 4.98. The van der Waals surface area contributed by atoms with Crippen LogP contribution in [0.5, 0.6) is 0 Å². The number of nitrogens with one attached hydrogen (secondary N) is 1. The number of benzene rings is 1. The Morgan fingerprint density at radius 1 is 1.26 bits per heavy atom. The highest BCUT2D eigenvalue weighted by atomic mass is 32.1. The third kappa shape index (κ3) is 5.37. The fraction of sp³-hybridized carbons (Fsp3) is 0.462. The van der Waals surface area contributed by atoms with Crippen LogP contribution in [-0.4, -0.2) is 42.8 Å². The lowest BCUT2D eigenvalue weighted by atomic mass is 10.00. The summed E-state index contributed by atoms with van der Waals surface area (Å²) >= 11 is 1.72. The van der Waals surface area contributed by atoms with Crippen LogP contribution in [0.15, 0.2) is 46.6 Å². The molecule has 1 aliphatic heterocycles. The number of nitrogens with zero attached hydrogens (tertiary/aromatic N) is 5. The zero-order chi connectivity index (χ0) is 24.4. The van der Waals surface area contributed by atoms with E-state index in [9.17, 15) is 4.79 Å². The van der Waals surface area contributed by atoms with Gasteiger partial charge in [-0.2, -0.15) is 0 Å². The molecule has 184 valence electrons. The van der Waals surface area contributed by atoms with E-state index in [0.717, 1.165) is 41.7 Å². The van der Waals surface area contributed by atoms with Crippen molar-refractivity contribution in [2.24, 2.45) is 5.92 Å². The van der Waals surface area contributed by atoms with Crippen molar-refractivity contribution in [3.05, 3.63) is 74.0 Å². The molecule has 3 aromatic heterocycles. The predicted octanol–water partition coefficient (Wildman–Crippen LogP) is 4.46. The topological polar surface area (TPSA) is 88.9 Å². The first kappa shape index (κ1) is 23.8. The predicted molar refractivity (Wildman–Crippen MR) is 137 cm³/mol. The summed E-state index contributed by atoms with van der Waals surface area (Å²) in [5.41, 5.74) is 2.71. The van der Waals surface area contributed by atoms with Gasteiger partial charge in [0.15, 0.2) is 5.82 Å². The van der Waals surface area contributed by atoms with Gasteiger partial charge >= 0.3 is 0 Å². The van der Waals surface area contributed by atoms with Crippen LogP contribution < -0.4 is 5.56 Å². The molecular formula is C26H32N6O2S. The number of aryl methyl sites for hydroxylation is 1. The number of aromatic nitrogens is 5. The number of hydrogen-bond acceptors (Lipinski definition) is 7. The molecule has 1 aliphatic rings. The van der Waals surface area contributed by atoms with Crippen molar-refractivity contribution in [1.82, 2.24) is 30.1 Å². The maximum Gasteiger partial charge on any atom is 0.252 e. The molecule has 0 aliphatic carbocycles. The van der Waals surface area contributed by atoms with Crippen LogP contribution in [0.25, 0.3) is 10.9 Å². The molecule has 2 atom stereocenters. The number of fused-ring (bicyclic) bond motifs is 1. The monoisotopic (exact) mass is 492 g/mol. The van der Waals surface area contributed by atoms with Crippen LogP contribution in [0.1, 0.15) is 54.6 Å². The van der Waals surface area contributed by atoms with E-state index in [2.05, 4.69) is 69.8 Å². The van der Waals surface area contributed by atoms with Crippen molar-refractivity contribution < 1.29 is 4.74 Å². The summed E-state index contributed by atoms with van der Waals surface area (Å²) in [4.78, 5) is 19.7. The third-order valence-electron chi connectivity index (χ3n) is 6.64. The normalized spacial score (nSPS) is 17.1. The van der Waals surface area contributed by atoms with Crippen molar-refractivity contribution in [3.8, 4) is 0 Å². The van der Waals surface area contributed by atoms with Gasteiger partial charge in [0.25, 0.3) is 5.56 Å². The van der Waals surface area contributed by atoms with Crippen molar-refractivity contribution in [2.45, 2.75) is 65.4 Å². The number of pyridine rings is 1. The van der Waals surface area contributed by atoms with Crippen LogP contribution in [0.3, 0.4) is 0 Å². The van der Waals surface area contributed by atoms with Crippen molar-refractivity contribution in [2.75, 3.05) is 6.61 Å². The van der Waals surface area contributed by atoms with Crippen LogP contribution in [0.2, 0.25) is 0 Å². The molecule has 4 aromatic rings. The molecule has 0 radical (unpaired) electrons. The van der Waals surface area contributed by atoms with Gasteiger partial charge < -0.3 is 9.72 Å². The van der Waals surface area contributed by atoms with E-state index in [0.29, 0.717) is 19.6 Å². The van der Waals surface area contributed by atoms with Crippen LogP contribution in [0, 0.1) is 12.8 Å². The average molecular weight is 493 g/mol. The first-order chi connectivity index (χ1) is 17.0. The molecule has 9 heteroatoms. The molecular weight excluding hydrogens is 460 g/mol.